The highest BCUT2D eigenvalue weighted by Gasteiger charge is 2.56. The zero-order chi connectivity index (χ0) is 23.8. The molecular weight excluding hydrogens is 514 g/mol. The molecular formula is C11H18ClFN3O12P3. The second-order valence-corrected chi connectivity index (χ2v) is 11.6. The van der Waals surface area contributed by atoms with E-state index in [9.17, 15) is 37.8 Å². The minimum Gasteiger partial charge on any atom is -0.387 e. The average molecular weight is 532 g/mol. The van der Waals surface area contributed by atoms with Gasteiger partial charge in [0.05, 0.1) is 12.0 Å². The SMILES string of the molecule is Nc1ccn([C@@H]2O[C@](CCl)(CCP(=O)(O)OP(=O)(O)OP(=O)(O)O)[C@@H](O)[C@H]2F)c(=O)n1. The van der Waals surface area contributed by atoms with Crippen molar-refractivity contribution in [3.8, 4) is 0 Å². The van der Waals surface area contributed by atoms with Gasteiger partial charge in [0.2, 0.25) is 0 Å². The third-order valence-electron chi connectivity index (χ3n) is 4.08. The predicted octanol–water partition coefficient (Wildman–Crippen LogP) is -0.167. The minimum atomic E-state index is -5.68. The van der Waals surface area contributed by atoms with Crippen LogP contribution in [0.2, 0.25) is 0 Å². The maximum absolute atomic E-state index is 14.7. The molecule has 20 heteroatoms. The van der Waals surface area contributed by atoms with Crippen LogP contribution in [-0.2, 0) is 27.1 Å². The number of halogens is 2. The van der Waals surface area contributed by atoms with Crippen molar-refractivity contribution in [2.24, 2.45) is 0 Å². The van der Waals surface area contributed by atoms with Crippen LogP contribution in [0.1, 0.15) is 12.6 Å². The first-order chi connectivity index (χ1) is 14.0. The van der Waals surface area contributed by atoms with Crippen LogP contribution < -0.4 is 11.4 Å². The molecule has 0 radical (unpaired) electrons. The summed E-state index contributed by atoms with van der Waals surface area (Å²) in [4.78, 5) is 51.3. The van der Waals surface area contributed by atoms with E-state index < -0.39 is 71.5 Å². The summed E-state index contributed by atoms with van der Waals surface area (Å²) >= 11 is 5.77. The van der Waals surface area contributed by atoms with E-state index in [4.69, 9.17) is 31.9 Å². The number of ether oxygens (including phenoxy) is 1. The van der Waals surface area contributed by atoms with Crippen LogP contribution in [0.25, 0.3) is 0 Å². The Morgan fingerprint density at radius 2 is 1.90 bits per heavy atom. The first-order valence-electron chi connectivity index (χ1n) is 8.04. The zero-order valence-corrected chi connectivity index (χ0v) is 18.6. The average Bonchev–Trinajstić information content (AvgIpc) is 2.82. The van der Waals surface area contributed by atoms with Crippen molar-refractivity contribution in [1.29, 1.82) is 0 Å². The Morgan fingerprint density at radius 3 is 2.42 bits per heavy atom. The molecule has 0 bridgehead atoms. The molecule has 178 valence electrons. The lowest BCUT2D eigenvalue weighted by Gasteiger charge is -2.30. The molecule has 0 spiro atoms. The van der Waals surface area contributed by atoms with Gasteiger partial charge >= 0.3 is 28.9 Å². The quantitative estimate of drug-likeness (QED) is 0.179. The van der Waals surface area contributed by atoms with Crippen LogP contribution in [0.5, 0.6) is 0 Å². The van der Waals surface area contributed by atoms with Crippen LogP contribution in [0.3, 0.4) is 0 Å². The highest BCUT2D eigenvalue weighted by Crippen LogP contribution is 2.66. The fraction of sp³-hybridized carbons (Fsp3) is 0.636. The lowest BCUT2D eigenvalue weighted by molar-refractivity contribution is -0.0919. The molecule has 2 unspecified atom stereocenters. The monoisotopic (exact) mass is 531 g/mol. The molecule has 31 heavy (non-hydrogen) atoms. The van der Waals surface area contributed by atoms with Crippen LogP contribution in [0, 0.1) is 0 Å². The molecule has 2 heterocycles. The second kappa shape index (κ2) is 9.26. The van der Waals surface area contributed by atoms with Crippen molar-refractivity contribution in [2.75, 3.05) is 17.8 Å². The third-order valence-corrected chi connectivity index (χ3v) is 8.84. The number of nitrogen functional groups attached to an aromatic ring is 1. The molecule has 0 saturated carbocycles. The summed E-state index contributed by atoms with van der Waals surface area (Å²) in [5.74, 6) is -0.819. The third kappa shape index (κ3) is 6.64. The summed E-state index contributed by atoms with van der Waals surface area (Å²) in [6, 6.07) is 1.15. The van der Waals surface area contributed by atoms with E-state index in [2.05, 4.69) is 13.6 Å². The molecule has 1 aromatic rings. The van der Waals surface area contributed by atoms with Crippen molar-refractivity contribution in [1.82, 2.24) is 9.55 Å². The van der Waals surface area contributed by atoms with Crippen molar-refractivity contribution in [2.45, 2.75) is 30.5 Å². The molecule has 1 aromatic heterocycles. The molecule has 1 saturated heterocycles. The number of nitrogens with zero attached hydrogens (tertiary/aromatic N) is 2. The van der Waals surface area contributed by atoms with Crippen LogP contribution in [0.4, 0.5) is 10.2 Å². The van der Waals surface area contributed by atoms with E-state index in [0.717, 1.165) is 12.3 Å². The fourth-order valence-corrected chi connectivity index (χ4v) is 6.81. The van der Waals surface area contributed by atoms with Gasteiger partial charge in [-0.2, -0.15) is 9.29 Å². The van der Waals surface area contributed by atoms with Crippen molar-refractivity contribution in [3.05, 3.63) is 22.7 Å². The van der Waals surface area contributed by atoms with E-state index in [1.165, 1.54) is 0 Å². The summed E-state index contributed by atoms with van der Waals surface area (Å²) in [6.07, 6.45) is -6.79. The van der Waals surface area contributed by atoms with Gasteiger partial charge < -0.3 is 35.2 Å². The molecule has 15 nitrogen and oxygen atoms in total. The lowest BCUT2D eigenvalue weighted by Crippen LogP contribution is -2.44. The van der Waals surface area contributed by atoms with Gasteiger partial charge in [0.1, 0.15) is 17.5 Å². The van der Waals surface area contributed by atoms with Crippen molar-refractivity contribution >= 4 is 40.7 Å². The first-order valence-corrected chi connectivity index (χ1v) is 13.4. The maximum atomic E-state index is 14.7. The lowest BCUT2D eigenvalue weighted by atomic mass is 9.95. The Morgan fingerprint density at radius 1 is 1.29 bits per heavy atom. The van der Waals surface area contributed by atoms with Gasteiger partial charge in [0.15, 0.2) is 12.4 Å². The number of aliphatic hydroxyl groups excluding tert-OH is 1. The van der Waals surface area contributed by atoms with Crippen molar-refractivity contribution < 1.29 is 56.1 Å². The number of rotatable bonds is 9. The summed E-state index contributed by atoms with van der Waals surface area (Å²) in [5, 5.41) is 10.3. The van der Waals surface area contributed by atoms with E-state index in [0.29, 0.717) is 4.57 Å². The second-order valence-electron chi connectivity index (χ2n) is 6.37. The molecule has 0 amide bonds. The van der Waals surface area contributed by atoms with Crippen LogP contribution in [-0.4, -0.2) is 64.1 Å². The first kappa shape index (κ1) is 26.5. The number of hydrogen-bond acceptors (Lipinski definition) is 10. The molecule has 1 fully saturated rings. The number of nitrogens with two attached hydrogens (primary N) is 1. The Labute approximate surface area is 177 Å². The molecule has 0 aliphatic carbocycles. The zero-order valence-electron chi connectivity index (χ0n) is 15.2. The normalized spacial score (nSPS) is 30.6. The van der Waals surface area contributed by atoms with Gasteiger partial charge in [0.25, 0.3) is 0 Å². The molecule has 1 aliphatic rings. The molecule has 6 atom stereocenters. The van der Waals surface area contributed by atoms with Gasteiger partial charge in [0, 0.05) is 6.20 Å². The Bertz CT molecular complexity index is 1020. The highest BCUT2D eigenvalue weighted by molar-refractivity contribution is 7.68. The number of phosphoric acid groups is 2. The summed E-state index contributed by atoms with van der Waals surface area (Å²) in [5.41, 5.74) is 2.27. The molecule has 1 aliphatic heterocycles. The van der Waals surface area contributed by atoms with E-state index >= 15 is 0 Å². The van der Waals surface area contributed by atoms with Gasteiger partial charge in [-0.3, -0.25) is 9.13 Å². The van der Waals surface area contributed by atoms with Gasteiger partial charge in [-0.1, -0.05) is 0 Å². The van der Waals surface area contributed by atoms with E-state index in [1.54, 1.807) is 0 Å². The number of alkyl halides is 2. The summed E-state index contributed by atoms with van der Waals surface area (Å²) in [7, 11) is -16.3. The molecule has 0 aromatic carbocycles. The smallest absolute Gasteiger partial charge is 0.387 e. The number of hydrogen-bond donors (Lipinski definition) is 6. The number of aromatic nitrogens is 2. The molecule has 2 rings (SSSR count). The minimum absolute atomic E-state index is 0.164. The van der Waals surface area contributed by atoms with Crippen LogP contribution in [0.15, 0.2) is 17.1 Å². The van der Waals surface area contributed by atoms with Gasteiger partial charge in [-0.15, -0.1) is 11.6 Å². The standard InChI is InChI=1S/C11H18ClFN3O12P3/c12-5-11(2-4-29(19,20)27-31(24,25)28-30(21,22)23)8(17)7(13)9(26-11)16-3-1-6(14)15-10(16)18/h1,3,7-9,17H,2,4-5H2,(H,19,20)(H,24,25)(H2,14,15,18)(H2,21,22,23)/t7-,8+,9-,11+/m1/s1. The predicted molar refractivity (Wildman–Crippen MR) is 101 cm³/mol. The fourth-order valence-electron chi connectivity index (χ4n) is 2.72. The Balaban J connectivity index is 2.20. The van der Waals surface area contributed by atoms with Crippen LogP contribution >= 0.6 is 34.8 Å². The highest BCUT2D eigenvalue weighted by atomic mass is 35.5. The maximum Gasteiger partial charge on any atom is 0.488 e. The largest absolute Gasteiger partial charge is 0.488 e. The summed E-state index contributed by atoms with van der Waals surface area (Å²) in [6.45, 7) is 0. The molecule has 7 N–H and O–H groups in total. The van der Waals surface area contributed by atoms with E-state index in [1.807, 2.05) is 0 Å². The van der Waals surface area contributed by atoms with Crippen molar-refractivity contribution in [3.63, 3.8) is 0 Å². The van der Waals surface area contributed by atoms with Gasteiger partial charge in [-0.05, 0) is 12.5 Å². The van der Waals surface area contributed by atoms with E-state index in [-0.39, 0.29) is 5.82 Å². The topological polar surface area (TPSA) is 241 Å². The Kier molecular flexibility index (Phi) is 7.92. The van der Waals surface area contributed by atoms with Gasteiger partial charge in [-0.25, -0.2) is 22.6 Å². The number of anilines is 1. The summed E-state index contributed by atoms with van der Waals surface area (Å²) < 4.78 is 62.3. The number of aliphatic hydroxyl groups is 1. The Hall–Kier alpha value is -0.730.